The van der Waals surface area contributed by atoms with E-state index in [1.165, 1.54) is 12.6 Å². The second-order valence-electron chi connectivity index (χ2n) is 5.43. The number of rotatable bonds is 4. The van der Waals surface area contributed by atoms with Gasteiger partial charge < -0.3 is 5.32 Å². The van der Waals surface area contributed by atoms with Crippen LogP contribution in [0.15, 0.2) is 41.7 Å². The van der Waals surface area contributed by atoms with Crippen LogP contribution < -0.4 is 5.32 Å². The Bertz CT molecular complexity index is 948. The molecule has 0 aliphatic heterocycles. The molecule has 7 nitrogen and oxygen atoms in total. The molecule has 0 saturated heterocycles. The molecule has 0 amide bonds. The van der Waals surface area contributed by atoms with Gasteiger partial charge >= 0.3 is 0 Å². The van der Waals surface area contributed by atoms with Crippen molar-refractivity contribution in [2.75, 3.05) is 11.6 Å². The number of benzene rings is 1. The highest BCUT2D eigenvalue weighted by Gasteiger charge is 2.13. The van der Waals surface area contributed by atoms with Gasteiger partial charge in [0.25, 0.3) is 0 Å². The molecule has 2 heterocycles. The van der Waals surface area contributed by atoms with Crippen molar-refractivity contribution in [1.29, 1.82) is 0 Å². The summed E-state index contributed by atoms with van der Waals surface area (Å²) in [7, 11) is -1.36. The summed E-state index contributed by atoms with van der Waals surface area (Å²) in [5.41, 5.74) is 1.72. The van der Waals surface area contributed by atoms with Crippen molar-refractivity contribution < 1.29 is 8.42 Å². The van der Waals surface area contributed by atoms with Crippen molar-refractivity contribution in [1.82, 2.24) is 19.7 Å². The molecule has 0 saturated carbocycles. The minimum absolute atomic E-state index is 0.0399. The van der Waals surface area contributed by atoms with Crippen LogP contribution in [0, 0.1) is 0 Å². The highest BCUT2D eigenvalue weighted by Crippen LogP contribution is 2.24. The Kier molecular flexibility index (Phi) is 3.77. The van der Waals surface area contributed by atoms with Crippen LogP contribution in [-0.4, -0.2) is 34.4 Å². The minimum atomic E-state index is -3.18. The number of fused-ring (bicyclic) bond motifs is 1. The Labute approximate surface area is 134 Å². The maximum atomic E-state index is 11.5. The Morgan fingerprint density at radius 2 is 1.87 bits per heavy atom. The summed E-state index contributed by atoms with van der Waals surface area (Å²) in [6.45, 7) is 1.99. The monoisotopic (exact) mass is 331 g/mol. The summed E-state index contributed by atoms with van der Waals surface area (Å²) in [6.07, 6.45) is 4.41. The van der Waals surface area contributed by atoms with E-state index in [2.05, 4.69) is 20.4 Å². The third-order valence-electron chi connectivity index (χ3n) is 3.69. The van der Waals surface area contributed by atoms with Crippen LogP contribution in [0.25, 0.3) is 11.0 Å². The first-order valence-corrected chi connectivity index (χ1v) is 8.94. The summed E-state index contributed by atoms with van der Waals surface area (Å²) in [5, 5.41) is 8.34. The molecule has 0 unspecified atom stereocenters. The first-order chi connectivity index (χ1) is 10.9. The van der Waals surface area contributed by atoms with Crippen LogP contribution in [0.1, 0.15) is 18.5 Å². The summed E-state index contributed by atoms with van der Waals surface area (Å²) in [4.78, 5) is 8.78. The normalized spacial score (nSPS) is 13.2. The second-order valence-corrected chi connectivity index (χ2v) is 7.45. The second kappa shape index (κ2) is 5.62. The molecule has 0 bridgehead atoms. The molecule has 0 spiro atoms. The van der Waals surface area contributed by atoms with Gasteiger partial charge in [-0.05, 0) is 24.6 Å². The predicted molar refractivity (Wildman–Crippen MR) is 87.9 cm³/mol. The first kappa shape index (κ1) is 15.4. The van der Waals surface area contributed by atoms with Gasteiger partial charge in [0, 0.05) is 19.3 Å². The molecule has 8 heteroatoms. The van der Waals surface area contributed by atoms with E-state index in [0.29, 0.717) is 10.7 Å². The van der Waals surface area contributed by atoms with Gasteiger partial charge in [-0.2, -0.15) is 5.10 Å². The third kappa shape index (κ3) is 3.02. The summed E-state index contributed by atoms with van der Waals surface area (Å²) in [5.74, 6) is 0.697. The fourth-order valence-electron chi connectivity index (χ4n) is 2.37. The third-order valence-corrected chi connectivity index (χ3v) is 4.82. The van der Waals surface area contributed by atoms with Crippen molar-refractivity contribution in [2.24, 2.45) is 7.05 Å². The quantitative estimate of drug-likeness (QED) is 0.786. The lowest BCUT2D eigenvalue weighted by Gasteiger charge is -2.15. The van der Waals surface area contributed by atoms with Crippen molar-refractivity contribution in [3.05, 3.63) is 42.4 Å². The highest BCUT2D eigenvalue weighted by atomic mass is 32.2. The average molecular weight is 331 g/mol. The molecule has 0 radical (unpaired) electrons. The zero-order chi connectivity index (χ0) is 16.6. The lowest BCUT2D eigenvalue weighted by Crippen LogP contribution is -2.09. The molecule has 1 atom stereocenters. The summed E-state index contributed by atoms with van der Waals surface area (Å²) >= 11 is 0. The predicted octanol–water partition coefficient (Wildman–Crippen LogP) is 1.94. The smallest absolute Gasteiger partial charge is 0.175 e. The van der Waals surface area contributed by atoms with Crippen LogP contribution in [0.3, 0.4) is 0 Å². The molecule has 23 heavy (non-hydrogen) atoms. The SMILES string of the molecule is C[C@@H](Nc1ncnc2c1cnn2C)c1ccc(S(C)(=O)=O)cc1. The van der Waals surface area contributed by atoms with Crippen molar-refractivity contribution in [3.63, 3.8) is 0 Å². The zero-order valence-corrected chi connectivity index (χ0v) is 13.9. The molecule has 120 valence electrons. The molecule has 3 rings (SSSR count). The first-order valence-electron chi connectivity index (χ1n) is 7.05. The summed E-state index contributed by atoms with van der Waals surface area (Å²) < 4.78 is 24.7. The van der Waals surface area contributed by atoms with E-state index in [0.717, 1.165) is 16.6 Å². The van der Waals surface area contributed by atoms with E-state index in [1.807, 2.05) is 14.0 Å². The molecule has 1 N–H and O–H groups in total. The largest absolute Gasteiger partial charge is 0.363 e. The number of aromatic nitrogens is 4. The fraction of sp³-hybridized carbons (Fsp3) is 0.267. The highest BCUT2D eigenvalue weighted by molar-refractivity contribution is 7.90. The van der Waals surface area contributed by atoms with E-state index in [4.69, 9.17) is 0 Å². The van der Waals surface area contributed by atoms with Crippen molar-refractivity contribution in [3.8, 4) is 0 Å². The molecule has 0 aliphatic carbocycles. The molecule has 2 aromatic heterocycles. The maximum Gasteiger partial charge on any atom is 0.175 e. The molecule has 0 aliphatic rings. The van der Waals surface area contributed by atoms with Crippen molar-refractivity contribution >= 4 is 26.7 Å². The maximum absolute atomic E-state index is 11.5. The lowest BCUT2D eigenvalue weighted by molar-refractivity contribution is 0.602. The zero-order valence-electron chi connectivity index (χ0n) is 13.1. The van der Waals surface area contributed by atoms with Gasteiger partial charge in [0.2, 0.25) is 0 Å². The van der Waals surface area contributed by atoms with Gasteiger partial charge in [-0.25, -0.2) is 18.4 Å². The van der Waals surface area contributed by atoms with Gasteiger partial charge in [0.1, 0.15) is 12.1 Å². The summed E-state index contributed by atoms with van der Waals surface area (Å²) in [6, 6.07) is 6.79. The standard InChI is InChI=1S/C15H17N5O2S/c1-10(11-4-6-12(7-5-11)23(3,21)22)19-14-13-8-18-20(2)15(13)17-9-16-14/h4-10H,1-3H3,(H,16,17,19)/t10-/m1/s1. The molecular weight excluding hydrogens is 314 g/mol. The van der Waals surface area contributed by atoms with Crippen LogP contribution in [0.5, 0.6) is 0 Å². The van der Waals surface area contributed by atoms with E-state index in [9.17, 15) is 8.42 Å². The number of hydrogen-bond acceptors (Lipinski definition) is 6. The minimum Gasteiger partial charge on any atom is -0.363 e. The van der Waals surface area contributed by atoms with E-state index in [-0.39, 0.29) is 6.04 Å². The number of aryl methyl sites for hydroxylation is 1. The Morgan fingerprint density at radius 3 is 2.52 bits per heavy atom. The topological polar surface area (TPSA) is 89.8 Å². The van der Waals surface area contributed by atoms with E-state index < -0.39 is 9.84 Å². The van der Waals surface area contributed by atoms with Crippen LogP contribution in [0.4, 0.5) is 5.82 Å². The van der Waals surface area contributed by atoms with E-state index in [1.54, 1.807) is 35.1 Å². The Morgan fingerprint density at radius 1 is 1.17 bits per heavy atom. The van der Waals surface area contributed by atoms with Crippen LogP contribution >= 0.6 is 0 Å². The number of anilines is 1. The average Bonchev–Trinajstić information content (AvgIpc) is 2.89. The van der Waals surface area contributed by atoms with Crippen LogP contribution in [-0.2, 0) is 16.9 Å². The molecule has 1 aromatic carbocycles. The number of nitrogens with zero attached hydrogens (tertiary/aromatic N) is 4. The van der Waals surface area contributed by atoms with Gasteiger partial charge in [0.05, 0.1) is 16.5 Å². The van der Waals surface area contributed by atoms with Crippen molar-refractivity contribution in [2.45, 2.75) is 17.9 Å². The van der Waals surface area contributed by atoms with Gasteiger partial charge in [-0.3, -0.25) is 4.68 Å². The van der Waals surface area contributed by atoms with Gasteiger partial charge in [-0.1, -0.05) is 12.1 Å². The molecular formula is C15H17N5O2S. The fourth-order valence-corrected chi connectivity index (χ4v) is 3.00. The molecule has 0 fully saturated rings. The Balaban J connectivity index is 1.87. The number of sulfone groups is 1. The lowest BCUT2D eigenvalue weighted by atomic mass is 10.1. The Hall–Kier alpha value is -2.48. The van der Waals surface area contributed by atoms with Gasteiger partial charge in [0.15, 0.2) is 15.5 Å². The molecule has 3 aromatic rings. The number of nitrogens with one attached hydrogen (secondary N) is 1. The van der Waals surface area contributed by atoms with Gasteiger partial charge in [-0.15, -0.1) is 0 Å². The van der Waals surface area contributed by atoms with E-state index >= 15 is 0 Å². The number of hydrogen-bond donors (Lipinski definition) is 1. The van der Waals surface area contributed by atoms with Crippen LogP contribution in [0.2, 0.25) is 0 Å².